The molecule has 0 aliphatic heterocycles. The Bertz CT molecular complexity index is 2290. The fourth-order valence-electron chi connectivity index (χ4n) is 7.80. The van der Waals surface area contributed by atoms with Gasteiger partial charge >= 0.3 is 0 Å². The van der Waals surface area contributed by atoms with Crippen molar-refractivity contribution in [2.45, 2.75) is 49.6 Å². The summed E-state index contributed by atoms with van der Waals surface area (Å²) in [6.07, 6.45) is 23.8. The molecule has 1 atom stereocenters. The van der Waals surface area contributed by atoms with Crippen molar-refractivity contribution < 1.29 is 0 Å². The lowest BCUT2D eigenvalue weighted by Crippen LogP contribution is -2.19. The highest BCUT2D eigenvalue weighted by atomic mass is 32.1. The quantitative estimate of drug-likeness (QED) is 0.118. The summed E-state index contributed by atoms with van der Waals surface area (Å²) in [4.78, 5) is 5.73. The third-order valence-electron chi connectivity index (χ3n) is 10.4. The molecular weight excluding hydrogens is 639 g/mol. The number of nitrogens with one attached hydrogen (secondary N) is 1. The Morgan fingerprint density at radius 1 is 0.882 bits per heavy atom. The zero-order valence-corrected chi connectivity index (χ0v) is 30.0. The number of benzene rings is 4. The first kappa shape index (κ1) is 32.9. The van der Waals surface area contributed by atoms with Crippen LogP contribution in [0.2, 0.25) is 0 Å². The molecule has 0 amide bonds. The molecule has 0 saturated heterocycles. The number of aromatic nitrogens is 1. The highest BCUT2D eigenvalue weighted by Crippen LogP contribution is 2.39. The molecule has 0 fully saturated rings. The average Bonchev–Trinajstić information content (AvgIpc) is 3.51. The number of thiol groups is 1. The number of hydrogen-bond acceptors (Lipinski definition) is 3. The molecule has 0 spiro atoms. The Hall–Kier alpha value is -5.32. The van der Waals surface area contributed by atoms with Crippen molar-refractivity contribution in [1.82, 2.24) is 9.88 Å². The first-order chi connectivity index (χ1) is 25.2. The molecule has 4 aromatic carbocycles. The van der Waals surface area contributed by atoms with Gasteiger partial charge in [0.2, 0.25) is 0 Å². The van der Waals surface area contributed by atoms with Gasteiger partial charge in [-0.2, -0.15) is 0 Å². The lowest BCUT2D eigenvalue weighted by molar-refractivity contribution is 0.667. The summed E-state index contributed by atoms with van der Waals surface area (Å²) in [7, 11) is 1.86. The van der Waals surface area contributed by atoms with E-state index in [4.69, 9.17) is 12.6 Å². The highest BCUT2D eigenvalue weighted by molar-refractivity contribution is 7.80. The molecule has 8 rings (SSSR count). The number of fused-ring (bicyclic) bond motifs is 3. The normalized spacial score (nSPS) is 17.5. The molecule has 3 nitrogen and oxygen atoms in total. The second-order valence-corrected chi connectivity index (χ2v) is 14.0. The molecule has 51 heavy (non-hydrogen) atoms. The Balaban J connectivity index is 1.10. The van der Waals surface area contributed by atoms with E-state index in [1.165, 1.54) is 50.0 Å². The van der Waals surface area contributed by atoms with Crippen LogP contribution in [0.5, 0.6) is 0 Å². The number of aryl methyl sites for hydroxylation is 1. The monoisotopic (exact) mass is 681 g/mol. The van der Waals surface area contributed by atoms with Crippen LogP contribution in [-0.4, -0.2) is 17.3 Å². The maximum Gasteiger partial charge on any atom is 0.0926 e. The van der Waals surface area contributed by atoms with Gasteiger partial charge in [0.05, 0.1) is 17.9 Å². The van der Waals surface area contributed by atoms with E-state index in [-0.39, 0.29) is 0 Å². The van der Waals surface area contributed by atoms with Crippen LogP contribution < -0.4 is 5.32 Å². The standard InChI is InChI=1S/C47H43N3S/c1-48-43(33-14-4-2-5-15-33)31-44(34-16-6-3-7-17-34)49-32-50-45-24-10-8-23-41(45)42-30-38(26-27-46(42)50)36-19-12-18-35(28-36)37-20-13-21-39(29-37)40-22-9-11-25-47(40)51/h2-7,9-11,13-17,19-22,24-28,30-31,39,49,51H,8,12,18,23,29,32H2,1H3. The minimum Gasteiger partial charge on any atom is -0.367 e. The van der Waals surface area contributed by atoms with E-state index in [0.29, 0.717) is 12.6 Å². The molecule has 3 aliphatic rings. The van der Waals surface area contributed by atoms with E-state index in [2.05, 4.69) is 161 Å². The van der Waals surface area contributed by atoms with Crippen LogP contribution in [0.15, 0.2) is 167 Å². The summed E-state index contributed by atoms with van der Waals surface area (Å²) in [6, 6.07) is 36.5. The number of hydrogen-bond donors (Lipinski definition) is 2. The largest absolute Gasteiger partial charge is 0.367 e. The average molecular weight is 682 g/mol. The van der Waals surface area contributed by atoms with E-state index >= 15 is 0 Å². The van der Waals surface area contributed by atoms with Crippen LogP contribution in [0.3, 0.4) is 0 Å². The van der Waals surface area contributed by atoms with Gasteiger partial charge in [-0.15, -0.1) is 12.6 Å². The summed E-state index contributed by atoms with van der Waals surface area (Å²) in [5, 5.41) is 5.18. The number of rotatable bonds is 9. The number of nitrogens with zero attached hydrogens (tertiary/aromatic N) is 2. The van der Waals surface area contributed by atoms with Crippen molar-refractivity contribution in [3.05, 3.63) is 190 Å². The van der Waals surface area contributed by atoms with Crippen molar-refractivity contribution in [2.75, 3.05) is 7.05 Å². The highest BCUT2D eigenvalue weighted by Gasteiger charge is 2.22. The second-order valence-electron chi connectivity index (χ2n) is 13.5. The van der Waals surface area contributed by atoms with E-state index in [1.54, 1.807) is 0 Å². The van der Waals surface area contributed by atoms with Crippen molar-refractivity contribution in [1.29, 1.82) is 0 Å². The van der Waals surface area contributed by atoms with Crippen molar-refractivity contribution in [3.8, 4) is 0 Å². The molecule has 252 valence electrons. The maximum absolute atomic E-state index is 4.77. The van der Waals surface area contributed by atoms with Crippen molar-refractivity contribution >= 4 is 46.6 Å². The zero-order chi connectivity index (χ0) is 34.6. The molecule has 0 saturated carbocycles. The smallest absolute Gasteiger partial charge is 0.0926 e. The zero-order valence-electron chi connectivity index (χ0n) is 29.1. The Kier molecular flexibility index (Phi) is 9.59. The Labute approximate surface area is 307 Å². The molecule has 0 radical (unpaired) electrons. The minimum absolute atomic E-state index is 0.356. The summed E-state index contributed by atoms with van der Waals surface area (Å²) in [5.41, 5.74) is 15.0. The fraction of sp³-hybridized carbons (Fsp3) is 0.170. The van der Waals surface area contributed by atoms with Gasteiger partial charge in [0.15, 0.2) is 0 Å². The van der Waals surface area contributed by atoms with Crippen LogP contribution in [0.4, 0.5) is 0 Å². The number of allylic oxidation sites excluding steroid dienone is 10. The Morgan fingerprint density at radius 2 is 1.67 bits per heavy atom. The number of aliphatic imine (C=N–C) groups is 1. The van der Waals surface area contributed by atoms with Crippen LogP contribution in [-0.2, 0) is 13.1 Å². The first-order valence-corrected chi connectivity index (χ1v) is 18.5. The minimum atomic E-state index is 0.356. The molecule has 0 bridgehead atoms. The Morgan fingerprint density at radius 3 is 2.47 bits per heavy atom. The van der Waals surface area contributed by atoms with Crippen molar-refractivity contribution in [3.63, 3.8) is 0 Å². The van der Waals surface area contributed by atoms with Gasteiger partial charge in [0.25, 0.3) is 0 Å². The van der Waals surface area contributed by atoms with Gasteiger partial charge < -0.3 is 9.88 Å². The van der Waals surface area contributed by atoms with E-state index < -0.39 is 0 Å². The molecule has 4 heteroatoms. The lowest BCUT2D eigenvalue weighted by Gasteiger charge is -2.24. The van der Waals surface area contributed by atoms with Crippen molar-refractivity contribution in [2.24, 2.45) is 4.99 Å². The third-order valence-corrected chi connectivity index (χ3v) is 10.8. The molecule has 1 N–H and O–H groups in total. The topological polar surface area (TPSA) is 29.3 Å². The molecular formula is C47H43N3S. The fourth-order valence-corrected chi connectivity index (χ4v) is 8.13. The van der Waals surface area contributed by atoms with E-state index in [0.717, 1.165) is 59.5 Å². The van der Waals surface area contributed by atoms with Crippen LogP contribution in [0, 0.1) is 0 Å². The first-order valence-electron chi connectivity index (χ1n) is 18.1. The van der Waals surface area contributed by atoms with Gasteiger partial charge in [-0.3, -0.25) is 4.99 Å². The molecule has 1 heterocycles. The van der Waals surface area contributed by atoms with Crippen LogP contribution >= 0.6 is 12.6 Å². The summed E-state index contributed by atoms with van der Waals surface area (Å²) < 4.78 is 2.45. The summed E-state index contributed by atoms with van der Waals surface area (Å²) in [6.45, 7) is 0.646. The predicted molar refractivity (Wildman–Crippen MR) is 219 cm³/mol. The maximum atomic E-state index is 4.77. The van der Waals surface area contributed by atoms with E-state index in [1.807, 2.05) is 13.1 Å². The van der Waals surface area contributed by atoms with E-state index in [9.17, 15) is 0 Å². The molecule has 5 aromatic rings. The van der Waals surface area contributed by atoms with Crippen LogP contribution in [0.1, 0.15) is 65.1 Å². The predicted octanol–water partition coefficient (Wildman–Crippen LogP) is 11.4. The molecule has 1 unspecified atom stereocenters. The van der Waals surface area contributed by atoms with Gasteiger partial charge in [0.1, 0.15) is 0 Å². The summed E-state index contributed by atoms with van der Waals surface area (Å²) in [5.74, 6) is 0.356. The van der Waals surface area contributed by atoms with Crippen LogP contribution in [0.25, 0.3) is 28.2 Å². The third kappa shape index (κ3) is 6.89. The van der Waals surface area contributed by atoms with Gasteiger partial charge in [0, 0.05) is 34.6 Å². The second kappa shape index (κ2) is 14.9. The van der Waals surface area contributed by atoms with Gasteiger partial charge in [-0.1, -0.05) is 121 Å². The van der Waals surface area contributed by atoms with Gasteiger partial charge in [-0.05, 0) is 107 Å². The van der Waals surface area contributed by atoms with Gasteiger partial charge in [-0.25, -0.2) is 0 Å². The molecule has 1 aromatic heterocycles. The lowest BCUT2D eigenvalue weighted by atomic mass is 9.82. The SMILES string of the molecule is CN=C(C=C(NCn1c2c(c3cc(C4=CCCC(C5=CC=CC(c6ccccc6S)C5)=C4)ccc31)CCC=C2)c1ccccc1)c1ccccc1. The summed E-state index contributed by atoms with van der Waals surface area (Å²) >= 11 is 4.77. The molecule has 3 aliphatic carbocycles.